The second-order valence-electron chi connectivity index (χ2n) is 6.31. The highest BCUT2D eigenvalue weighted by molar-refractivity contribution is 7.90. The first kappa shape index (κ1) is 19.3. The second kappa shape index (κ2) is 6.81. The quantitative estimate of drug-likeness (QED) is 0.464. The molecule has 23 heavy (non-hydrogen) atoms. The maximum absolute atomic E-state index is 14.2. The molecule has 1 unspecified atom stereocenters. The SMILES string of the molecule is CC(C)(C)[S+]([O-])N[C@@](C)(CC(=O)O)c1cc([N+](=O)[O-])ccc1F. The van der Waals surface area contributed by atoms with E-state index in [1.54, 1.807) is 20.8 Å². The van der Waals surface area contributed by atoms with Gasteiger partial charge in [0, 0.05) is 29.1 Å². The van der Waals surface area contributed by atoms with E-state index in [2.05, 4.69) is 4.72 Å². The molecular weight excluding hydrogens is 327 g/mol. The highest BCUT2D eigenvalue weighted by atomic mass is 32.2. The smallest absolute Gasteiger partial charge is 0.305 e. The summed E-state index contributed by atoms with van der Waals surface area (Å²) >= 11 is -1.70. The Hall–Kier alpha value is -1.71. The van der Waals surface area contributed by atoms with Gasteiger partial charge in [0.05, 0.1) is 16.9 Å². The molecular formula is C14H19FN2O5S. The van der Waals surface area contributed by atoms with Crippen molar-refractivity contribution in [3.8, 4) is 0 Å². The van der Waals surface area contributed by atoms with Crippen molar-refractivity contribution in [3.05, 3.63) is 39.7 Å². The van der Waals surface area contributed by atoms with Gasteiger partial charge in [-0.3, -0.25) is 14.9 Å². The van der Waals surface area contributed by atoms with Gasteiger partial charge in [-0.15, -0.1) is 4.72 Å². The predicted molar refractivity (Wildman–Crippen MR) is 83.7 cm³/mol. The largest absolute Gasteiger partial charge is 0.598 e. The molecule has 0 amide bonds. The number of hydrogen-bond acceptors (Lipinski definition) is 5. The Bertz CT molecular complexity index is 620. The van der Waals surface area contributed by atoms with Gasteiger partial charge in [-0.2, -0.15) is 0 Å². The number of non-ortho nitro benzene ring substituents is 1. The molecule has 0 aliphatic rings. The van der Waals surface area contributed by atoms with Crippen molar-refractivity contribution in [2.45, 2.75) is 44.4 Å². The molecule has 2 atom stereocenters. The van der Waals surface area contributed by atoms with Crippen LogP contribution in [0.25, 0.3) is 0 Å². The third kappa shape index (κ3) is 4.88. The number of nitrogens with one attached hydrogen (secondary N) is 1. The molecule has 0 bridgehead atoms. The molecule has 0 aliphatic heterocycles. The van der Waals surface area contributed by atoms with E-state index in [1.807, 2.05) is 0 Å². The normalized spacial score (nSPS) is 15.7. The Morgan fingerprint density at radius 1 is 1.39 bits per heavy atom. The zero-order valence-electron chi connectivity index (χ0n) is 13.3. The lowest BCUT2D eigenvalue weighted by molar-refractivity contribution is -0.385. The number of hydrogen-bond donors (Lipinski definition) is 2. The topological polar surface area (TPSA) is 116 Å². The minimum absolute atomic E-state index is 0.216. The van der Waals surface area contributed by atoms with Gasteiger partial charge >= 0.3 is 5.97 Å². The summed E-state index contributed by atoms with van der Waals surface area (Å²) < 4.78 is 28.4. The molecule has 9 heteroatoms. The van der Waals surface area contributed by atoms with Crippen molar-refractivity contribution in [2.24, 2.45) is 0 Å². The number of rotatable bonds is 6. The number of aliphatic carboxylic acids is 1. The van der Waals surface area contributed by atoms with E-state index in [1.165, 1.54) is 6.92 Å². The molecule has 0 aliphatic carbocycles. The van der Waals surface area contributed by atoms with Crippen LogP contribution in [-0.4, -0.2) is 25.3 Å². The van der Waals surface area contributed by atoms with Gasteiger partial charge in [-0.05, 0) is 33.8 Å². The summed E-state index contributed by atoms with van der Waals surface area (Å²) in [6.45, 7) is 6.36. The van der Waals surface area contributed by atoms with Gasteiger partial charge in [-0.1, -0.05) is 0 Å². The molecule has 0 heterocycles. The van der Waals surface area contributed by atoms with Crippen LogP contribution in [0.15, 0.2) is 18.2 Å². The fourth-order valence-electron chi connectivity index (χ4n) is 1.90. The lowest BCUT2D eigenvalue weighted by Crippen LogP contribution is -2.51. The first-order valence-corrected chi connectivity index (χ1v) is 7.88. The van der Waals surface area contributed by atoms with Crippen molar-refractivity contribution < 1.29 is 23.8 Å². The number of carboxylic acid groups (broad SMARTS) is 1. The third-order valence-electron chi connectivity index (χ3n) is 3.13. The molecule has 1 aromatic rings. The van der Waals surface area contributed by atoms with Crippen LogP contribution in [-0.2, 0) is 21.7 Å². The van der Waals surface area contributed by atoms with E-state index in [9.17, 15) is 23.9 Å². The van der Waals surface area contributed by atoms with Crippen LogP contribution in [0.2, 0.25) is 0 Å². The van der Waals surface area contributed by atoms with E-state index >= 15 is 0 Å². The monoisotopic (exact) mass is 346 g/mol. The number of halogens is 1. The molecule has 0 aromatic heterocycles. The minimum atomic E-state index is -1.70. The summed E-state index contributed by atoms with van der Waals surface area (Å²) in [7, 11) is 0. The second-order valence-corrected chi connectivity index (χ2v) is 8.27. The summed E-state index contributed by atoms with van der Waals surface area (Å²) in [5, 5.41) is 20.0. The Kier molecular flexibility index (Phi) is 5.73. The van der Waals surface area contributed by atoms with E-state index in [0.717, 1.165) is 18.2 Å². The van der Waals surface area contributed by atoms with Crippen molar-refractivity contribution in [1.29, 1.82) is 0 Å². The van der Waals surface area contributed by atoms with E-state index in [4.69, 9.17) is 5.11 Å². The number of carbonyl (C=O) groups is 1. The average Bonchev–Trinajstić information content (AvgIpc) is 2.36. The zero-order chi connectivity index (χ0) is 18.0. The summed E-state index contributed by atoms with van der Waals surface area (Å²) in [6, 6.07) is 2.85. The molecule has 7 nitrogen and oxygen atoms in total. The van der Waals surface area contributed by atoms with Gasteiger partial charge in [-0.25, -0.2) is 4.39 Å². The van der Waals surface area contributed by atoms with Crippen LogP contribution < -0.4 is 4.72 Å². The van der Waals surface area contributed by atoms with Gasteiger partial charge in [0.1, 0.15) is 10.6 Å². The van der Waals surface area contributed by atoms with Gasteiger partial charge in [0.25, 0.3) is 5.69 Å². The number of nitro benzene ring substituents is 1. The maximum atomic E-state index is 14.2. The van der Waals surface area contributed by atoms with Crippen LogP contribution in [0.4, 0.5) is 10.1 Å². The number of nitro groups is 1. The van der Waals surface area contributed by atoms with Crippen LogP contribution >= 0.6 is 0 Å². The van der Waals surface area contributed by atoms with Crippen LogP contribution in [0, 0.1) is 15.9 Å². The minimum Gasteiger partial charge on any atom is -0.598 e. The molecule has 128 valence electrons. The van der Waals surface area contributed by atoms with Crippen molar-refractivity contribution in [3.63, 3.8) is 0 Å². The number of benzene rings is 1. The maximum Gasteiger partial charge on any atom is 0.305 e. The van der Waals surface area contributed by atoms with Gasteiger partial charge < -0.3 is 9.66 Å². The first-order valence-electron chi connectivity index (χ1n) is 6.73. The van der Waals surface area contributed by atoms with Gasteiger partial charge in [0.15, 0.2) is 0 Å². The average molecular weight is 346 g/mol. The summed E-state index contributed by atoms with van der Waals surface area (Å²) in [5.74, 6) is -2.06. The van der Waals surface area contributed by atoms with Crippen molar-refractivity contribution in [1.82, 2.24) is 4.72 Å². The Morgan fingerprint density at radius 2 is 1.96 bits per heavy atom. The Labute approximate surface area is 136 Å². The van der Waals surface area contributed by atoms with Crippen LogP contribution in [0.1, 0.15) is 39.7 Å². The fourth-order valence-corrected chi connectivity index (χ4v) is 2.79. The molecule has 0 radical (unpaired) electrons. The molecule has 0 spiro atoms. The molecule has 0 fully saturated rings. The molecule has 2 N–H and O–H groups in total. The standard InChI is InChI=1S/C14H19FN2O5S/c1-13(2,3)23(22)16-14(4,8-12(18)19)10-7-9(17(20)21)5-6-11(10)15/h5-7,16H,8H2,1-4H3,(H,18,19)/t14-,23?/m0/s1. The number of nitrogens with zero attached hydrogens (tertiary/aromatic N) is 1. The predicted octanol–water partition coefficient (Wildman–Crippen LogP) is 2.48. The zero-order valence-corrected chi connectivity index (χ0v) is 14.1. The highest BCUT2D eigenvalue weighted by Crippen LogP contribution is 2.32. The Morgan fingerprint density at radius 3 is 2.39 bits per heavy atom. The summed E-state index contributed by atoms with van der Waals surface area (Å²) in [5.41, 5.74) is -2.16. The summed E-state index contributed by atoms with van der Waals surface area (Å²) in [6.07, 6.45) is -0.590. The molecule has 1 rings (SSSR count). The van der Waals surface area contributed by atoms with Crippen LogP contribution in [0.3, 0.4) is 0 Å². The summed E-state index contributed by atoms with van der Waals surface area (Å²) in [4.78, 5) is 21.3. The molecule has 1 aromatic carbocycles. The third-order valence-corrected chi connectivity index (χ3v) is 4.88. The first-order chi connectivity index (χ1) is 10.4. The van der Waals surface area contributed by atoms with E-state index < -0.39 is 44.8 Å². The van der Waals surface area contributed by atoms with Gasteiger partial charge in [0.2, 0.25) is 0 Å². The lowest BCUT2D eigenvalue weighted by Gasteiger charge is -2.34. The Balaban J connectivity index is 3.38. The van der Waals surface area contributed by atoms with E-state index in [-0.39, 0.29) is 11.3 Å². The van der Waals surface area contributed by atoms with Crippen molar-refractivity contribution >= 4 is 23.0 Å². The highest BCUT2D eigenvalue weighted by Gasteiger charge is 2.41. The fraction of sp³-hybridized carbons (Fsp3) is 0.500. The van der Waals surface area contributed by atoms with Crippen molar-refractivity contribution in [2.75, 3.05) is 0 Å². The van der Waals surface area contributed by atoms with Crippen LogP contribution in [0.5, 0.6) is 0 Å². The molecule has 0 saturated carbocycles. The van der Waals surface area contributed by atoms with E-state index in [0.29, 0.717) is 0 Å². The lowest BCUT2D eigenvalue weighted by atomic mass is 9.89. The molecule has 0 saturated heterocycles. The number of carboxylic acids is 1.